The zero-order chi connectivity index (χ0) is 10.5. The van der Waals surface area contributed by atoms with Crippen molar-refractivity contribution < 1.29 is 9.53 Å². The number of ether oxygens (including phenoxy) is 1. The number of hydrogen-bond donors (Lipinski definition) is 0. The van der Waals surface area contributed by atoms with E-state index < -0.39 is 8.07 Å². The van der Waals surface area contributed by atoms with Crippen LogP contribution in [0.4, 0.5) is 0 Å². The molecule has 0 amide bonds. The number of hydrogen-bond acceptors (Lipinski definition) is 2. The Morgan fingerprint density at radius 2 is 1.92 bits per heavy atom. The first-order valence-corrected chi connectivity index (χ1v) is 8.71. The highest BCUT2D eigenvalue weighted by atomic mass is 28.3. The van der Waals surface area contributed by atoms with Gasteiger partial charge in [0.05, 0.1) is 6.61 Å². The van der Waals surface area contributed by atoms with Gasteiger partial charge in [0.1, 0.15) is 0 Å². The van der Waals surface area contributed by atoms with Crippen LogP contribution < -0.4 is 0 Å². The topological polar surface area (TPSA) is 26.3 Å². The summed E-state index contributed by atoms with van der Waals surface area (Å²) in [6.07, 6.45) is 0.581. The van der Waals surface area contributed by atoms with E-state index in [0.29, 0.717) is 18.9 Å². The molecule has 0 rings (SSSR count). The van der Waals surface area contributed by atoms with Crippen molar-refractivity contribution in [1.29, 1.82) is 0 Å². The Morgan fingerprint density at radius 3 is 2.31 bits per heavy atom. The highest BCUT2D eigenvalue weighted by molar-refractivity contribution is 6.76. The number of carbonyl (C=O) groups excluding carboxylic acids is 1. The van der Waals surface area contributed by atoms with Crippen LogP contribution in [0.1, 0.15) is 20.3 Å². The molecule has 0 aromatic carbocycles. The van der Waals surface area contributed by atoms with Gasteiger partial charge in [-0.1, -0.05) is 32.6 Å². The maximum Gasteiger partial charge on any atom is 0.306 e. The summed E-state index contributed by atoms with van der Waals surface area (Å²) >= 11 is 0. The van der Waals surface area contributed by atoms with Crippen molar-refractivity contribution in [3.05, 3.63) is 0 Å². The summed E-state index contributed by atoms with van der Waals surface area (Å²) in [5.41, 5.74) is 0. The molecule has 3 heteroatoms. The second-order valence-corrected chi connectivity index (χ2v) is 10.4. The summed E-state index contributed by atoms with van der Waals surface area (Å²) in [7, 11) is -1.02. The Balaban J connectivity index is 3.74. The summed E-state index contributed by atoms with van der Waals surface area (Å²) in [6, 6.07) is 1.20. The van der Waals surface area contributed by atoms with Gasteiger partial charge in [0.15, 0.2) is 0 Å². The van der Waals surface area contributed by atoms with E-state index in [1.807, 2.05) is 6.92 Å². The fraction of sp³-hybridized carbons (Fsp3) is 0.900. The highest BCUT2D eigenvalue weighted by Crippen LogP contribution is 2.19. The molecule has 1 atom stereocenters. The van der Waals surface area contributed by atoms with E-state index in [2.05, 4.69) is 26.6 Å². The predicted octanol–water partition coefficient (Wildman–Crippen LogP) is 2.91. The molecule has 0 heterocycles. The summed E-state index contributed by atoms with van der Waals surface area (Å²) in [4.78, 5) is 11.1. The minimum absolute atomic E-state index is 0.0479. The van der Waals surface area contributed by atoms with Crippen molar-refractivity contribution in [2.75, 3.05) is 6.61 Å². The van der Waals surface area contributed by atoms with Crippen molar-refractivity contribution in [3.8, 4) is 0 Å². The van der Waals surface area contributed by atoms with E-state index in [0.717, 1.165) is 0 Å². The van der Waals surface area contributed by atoms with Gasteiger partial charge in [-0.15, -0.1) is 0 Å². The summed E-state index contributed by atoms with van der Waals surface area (Å²) in [5.74, 6) is 0.430. The highest BCUT2D eigenvalue weighted by Gasteiger charge is 2.19. The van der Waals surface area contributed by atoms with Crippen molar-refractivity contribution in [3.63, 3.8) is 0 Å². The zero-order valence-corrected chi connectivity index (χ0v) is 10.5. The molecule has 1 unspecified atom stereocenters. The Labute approximate surface area is 82.7 Å². The third-order valence-corrected chi connectivity index (χ3v) is 3.70. The molecule has 0 aromatic rings. The molecule has 0 saturated carbocycles. The Bertz CT molecular complexity index is 161. The molecule has 78 valence electrons. The second kappa shape index (κ2) is 5.42. The van der Waals surface area contributed by atoms with Gasteiger partial charge < -0.3 is 4.74 Å². The first kappa shape index (κ1) is 12.7. The lowest BCUT2D eigenvalue weighted by atomic mass is 10.1. The largest absolute Gasteiger partial charge is 0.466 e. The van der Waals surface area contributed by atoms with Crippen LogP contribution in [0.2, 0.25) is 25.7 Å². The Kier molecular flexibility index (Phi) is 5.29. The quantitative estimate of drug-likeness (QED) is 0.506. The molecule has 0 spiro atoms. The first-order valence-electron chi connectivity index (χ1n) is 5.00. The van der Waals surface area contributed by atoms with Gasteiger partial charge in [-0.05, 0) is 12.8 Å². The van der Waals surface area contributed by atoms with Crippen LogP contribution >= 0.6 is 0 Å². The average Bonchev–Trinajstić information content (AvgIpc) is 1.81. The van der Waals surface area contributed by atoms with Gasteiger partial charge >= 0.3 is 5.97 Å². The molecular weight excluding hydrogens is 180 g/mol. The molecule has 0 saturated heterocycles. The molecule has 0 aliphatic rings. The lowest BCUT2D eigenvalue weighted by Gasteiger charge is -2.20. The third kappa shape index (κ3) is 8.03. The Hall–Kier alpha value is -0.313. The fourth-order valence-electron chi connectivity index (χ4n) is 1.62. The predicted molar refractivity (Wildman–Crippen MR) is 58.6 cm³/mol. The molecule has 0 bridgehead atoms. The van der Waals surface area contributed by atoms with Crippen molar-refractivity contribution in [2.45, 2.75) is 46.0 Å². The van der Waals surface area contributed by atoms with Crippen LogP contribution in [-0.4, -0.2) is 20.7 Å². The van der Waals surface area contributed by atoms with E-state index in [1.54, 1.807) is 0 Å². The number of rotatable bonds is 5. The number of carbonyl (C=O) groups is 1. The van der Waals surface area contributed by atoms with Crippen LogP contribution in [0, 0.1) is 5.92 Å². The fourth-order valence-corrected chi connectivity index (χ4v) is 3.86. The molecular formula is C10H22O2Si. The lowest BCUT2D eigenvalue weighted by molar-refractivity contribution is -0.143. The minimum Gasteiger partial charge on any atom is -0.466 e. The van der Waals surface area contributed by atoms with E-state index >= 15 is 0 Å². The molecule has 0 aliphatic carbocycles. The van der Waals surface area contributed by atoms with E-state index in [1.165, 1.54) is 6.04 Å². The van der Waals surface area contributed by atoms with Crippen LogP contribution in [0.15, 0.2) is 0 Å². The van der Waals surface area contributed by atoms with Crippen LogP contribution in [0.25, 0.3) is 0 Å². The van der Waals surface area contributed by atoms with Crippen molar-refractivity contribution in [1.82, 2.24) is 0 Å². The summed E-state index contributed by atoms with van der Waals surface area (Å²) in [6.45, 7) is 11.5. The molecule has 0 aliphatic heterocycles. The van der Waals surface area contributed by atoms with Crippen molar-refractivity contribution in [2.24, 2.45) is 5.92 Å². The molecule has 2 nitrogen and oxygen atoms in total. The normalized spacial score (nSPS) is 13.9. The smallest absolute Gasteiger partial charge is 0.306 e. The second-order valence-electron chi connectivity index (χ2n) is 4.88. The van der Waals surface area contributed by atoms with Crippen LogP contribution in [0.5, 0.6) is 0 Å². The number of esters is 1. The minimum atomic E-state index is -1.02. The first-order chi connectivity index (χ1) is 5.85. The van der Waals surface area contributed by atoms with Crippen LogP contribution in [0.3, 0.4) is 0 Å². The lowest BCUT2D eigenvalue weighted by Crippen LogP contribution is -2.24. The van der Waals surface area contributed by atoms with Gasteiger partial charge in [-0.2, -0.15) is 0 Å². The molecule has 13 heavy (non-hydrogen) atoms. The zero-order valence-electron chi connectivity index (χ0n) is 9.52. The third-order valence-electron chi connectivity index (χ3n) is 1.78. The maximum atomic E-state index is 11.1. The molecule has 0 fully saturated rings. The van der Waals surface area contributed by atoms with Gasteiger partial charge in [0.25, 0.3) is 0 Å². The maximum absolute atomic E-state index is 11.1. The van der Waals surface area contributed by atoms with E-state index in [-0.39, 0.29) is 5.97 Å². The standard InChI is InChI=1S/C10H22O2Si/c1-6-12-10(11)7-9(2)8-13(3,4)5/h9H,6-8H2,1-5H3. The van der Waals surface area contributed by atoms with Gasteiger partial charge in [0, 0.05) is 14.5 Å². The van der Waals surface area contributed by atoms with Gasteiger partial charge in [-0.3, -0.25) is 4.79 Å². The van der Waals surface area contributed by atoms with E-state index in [9.17, 15) is 4.79 Å². The molecule has 0 N–H and O–H groups in total. The molecule has 0 radical (unpaired) electrons. The summed E-state index contributed by atoms with van der Waals surface area (Å²) < 4.78 is 4.90. The summed E-state index contributed by atoms with van der Waals surface area (Å²) in [5, 5.41) is 0. The van der Waals surface area contributed by atoms with Crippen molar-refractivity contribution >= 4 is 14.0 Å². The van der Waals surface area contributed by atoms with Gasteiger partial charge in [0.2, 0.25) is 0 Å². The van der Waals surface area contributed by atoms with Crippen LogP contribution in [-0.2, 0) is 9.53 Å². The monoisotopic (exact) mass is 202 g/mol. The Morgan fingerprint density at radius 1 is 1.38 bits per heavy atom. The van der Waals surface area contributed by atoms with E-state index in [4.69, 9.17) is 4.74 Å². The SMILES string of the molecule is CCOC(=O)CC(C)C[Si](C)(C)C. The molecule has 0 aromatic heterocycles. The van der Waals surface area contributed by atoms with Gasteiger partial charge in [-0.25, -0.2) is 0 Å². The average molecular weight is 202 g/mol.